The number of sulfone groups is 1. The molecule has 0 bridgehead atoms. The molecule has 204 valence electrons. The molecule has 0 aliphatic carbocycles. The fraction of sp³-hybridized carbons (Fsp3) is 0. The van der Waals surface area contributed by atoms with E-state index in [4.69, 9.17) is 0 Å². The number of benzene rings is 4. The number of nitrogens with zero attached hydrogens (tertiary/aromatic N) is 6. The third-order valence-corrected chi connectivity index (χ3v) is 9.71. The Morgan fingerprint density at radius 3 is 1.98 bits per heavy atom. The van der Waals surface area contributed by atoms with Gasteiger partial charge in [-0.15, -0.1) is 31.7 Å². The van der Waals surface area contributed by atoms with Gasteiger partial charge in [-0.2, -0.15) is 10.4 Å². The van der Waals surface area contributed by atoms with Crippen molar-refractivity contribution in [1.82, 2.24) is 41.2 Å². The monoisotopic (exact) mass is 592 g/mol. The average Bonchev–Trinajstić information content (AvgIpc) is 3.76. The van der Waals surface area contributed by atoms with Crippen molar-refractivity contribution >= 4 is 47.1 Å². The molecule has 0 saturated heterocycles. The van der Waals surface area contributed by atoms with Crippen LogP contribution in [-0.2, 0) is 9.84 Å². The Hall–Kier alpha value is -5.47. The molecule has 8 rings (SSSR count). The Morgan fingerprint density at radius 2 is 1.24 bits per heavy atom. The molecule has 12 nitrogen and oxygen atoms in total. The minimum Gasteiger partial charge on any atom is -0.289 e. The molecule has 1 aliphatic rings. The first-order valence-electron chi connectivity index (χ1n) is 12.4. The van der Waals surface area contributed by atoms with Crippen LogP contribution in [0.15, 0.2) is 99.5 Å². The van der Waals surface area contributed by atoms with Crippen LogP contribution in [0.25, 0.3) is 42.9 Å². The van der Waals surface area contributed by atoms with Crippen molar-refractivity contribution in [3.8, 4) is 22.8 Å². The van der Waals surface area contributed by atoms with Crippen LogP contribution in [0.3, 0.4) is 0 Å². The second kappa shape index (κ2) is 9.87. The summed E-state index contributed by atoms with van der Waals surface area (Å²) in [5, 5.41) is 28.8. The van der Waals surface area contributed by atoms with Crippen molar-refractivity contribution in [1.29, 1.82) is 0 Å². The van der Waals surface area contributed by atoms with Crippen LogP contribution >= 0.6 is 11.3 Å². The Morgan fingerprint density at radius 1 is 0.619 bits per heavy atom. The Balaban J connectivity index is 0.000000138. The minimum atomic E-state index is -3.75. The molecule has 0 saturated carbocycles. The second-order valence-electron chi connectivity index (χ2n) is 9.15. The van der Waals surface area contributed by atoms with E-state index in [9.17, 15) is 18.0 Å². The van der Waals surface area contributed by atoms with Gasteiger partial charge in [-0.25, -0.2) is 8.42 Å². The molecule has 2 N–H and O–H groups in total. The van der Waals surface area contributed by atoms with E-state index in [0.29, 0.717) is 11.4 Å². The third kappa shape index (κ3) is 4.17. The number of tetrazole rings is 2. The first-order chi connectivity index (χ1) is 20.4. The molecule has 0 unspecified atom stereocenters. The van der Waals surface area contributed by atoms with Crippen molar-refractivity contribution in [2.45, 2.75) is 9.79 Å². The van der Waals surface area contributed by atoms with Gasteiger partial charge in [-0.05, 0) is 59.0 Å². The fourth-order valence-electron chi connectivity index (χ4n) is 4.73. The van der Waals surface area contributed by atoms with Crippen LogP contribution in [0, 0.1) is 0 Å². The summed E-state index contributed by atoms with van der Waals surface area (Å²) in [5.74, 6) is 0.490. The molecular formula is C28H16N8O4S2. The van der Waals surface area contributed by atoms with Gasteiger partial charge in [-0.3, -0.25) is 9.59 Å². The molecule has 1 aliphatic heterocycles. The average molecular weight is 593 g/mol. The van der Waals surface area contributed by atoms with Crippen LogP contribution in [0.2, 0.25) is 0 Å². The molecule has 4 heterocycles. The second-order valence-corrected chi connectivity index (χ2v) is 12.1. The van der Waals surface area contributed by atoms with Gasteiger partial charge in [0.05, 0.1) is 9.79 Å². The Labute approximate surface area is 240 Å². The van der Waals surface area contributed by atoms with Crippen LogP contribution in [-0.4, -0.2) is 55.4 Å². The summed E-state index contributed by atoms with van der Waals surface area (Å²) in [6.45, 7) is 0. The maximum atomic E-state index is 12.7. The number of ketones is 1. The predicted octanol–water partition coefficient (Wildman–Crippen LogP) is 3.84. The summed E-state index contributed by atoms with van der Waals surface area (Å²) in [5.41, 5.74) is 1.74. The standard InChI is InChI=1S/C14H8N4O3S.C14H8N4OS/c19-13-9-3-1-2-4-11(9)22(20,21)12-7-8(5-6-10(12)13)14-15-17-18-16-14;19-13-9-3-1-2-4-11(9)20-12-7-8(5-6-10(12)13)14-15-17-18-16-14/h1-7H,(H,15,16,17,18);1-7H,(H,15,16,17,18). The molecule has 0 amide bonds. The number of rotatable bonds is 2. The highest BCUT2D eigenvalue weighted by Crippen LogP contribution is 2.36. The largest absolute Gasteiger partial charge is 0.289 e. The highest BCUT2D eigenvalue weighted by molar-refractivity contribution is 7.91. The van der Waals surface area contributed by atoms with Gasteiger partial charge in [0.2, 0.25) is 21.5 Å². The first-order valence-corrected chi connectivity index (χ1v) is 14.7. The normalized spacial score (nSPS) is 13.3. The van der Waals surface area contributed by atoms with E-state index in [1.807, 2.05) is 42.5 Å². The molecule has 7 aromatic rings. The number of aromatic nitrogens is 8. The smallest absolute Gasteiger partial charge is 0.208 e. The number of carbonyl (C=O) groups is 1. The molecule has 3 aromatic heterocycles. The molecule has 0 atom stereocenters. The molecule has 0 spiro atoms. The number of carbonyl (C=O) groups excluding carboxylic acids is 1. The van der Waals surface area contributed by atoms with Crippen LogP contribution in [0.5, 0.6) is 0 Å². The SMILES string of the molecule is O=C1c2ccccc2S(=O)(=O)c2cc(-c3nn[nH]n3)ccc21.O=c1c2ccccc2sc2cc(-c3nn[nH]n3)ccc12. The summed E-state index contributed by atoms with van der Waals surface area (Å²) in [7, 11) is -3.75. The van der Waals surface area contributed by atoms with Gasteiger partial charge in [0.25, 0.3) is 0 Å². The van der Waals surface area contributed by atoms with E-state index in [1.54, 1.807) is 29.5 Å². The van der Waals surface area contributed by atoms with E-state index < -0.39 is 9.84 Å². The van der Waals surface area contributed by atoms with Gasteiger partial charge < -0.3 is 0 Å². The number of H-pyrrole nitrogens is 2. The maximum absolute atomic E-state index is 12.7. The van der Waals surface area contributed by atoms with Gasteiger partial charge in [0.15, 0.2) is 11.2 Å². The van der Waals surface area contributed by atoms with E-state index in [0.717, 1.165) is 25.7 Å². The van der Waals surface area contributed by atoms with Gasteiger partial charge in [0, 0.05) is 42.4 Å². The highest BCUT2D eigenvalue weighted by Gasteiger charge is 2.34. The number of nitrogens with one attached hydrogen (secondary N) is 2. The lowest BCUT2D eigenvalue weighted by molar-refractivity contribution is 0.103. The van der Waals surface area contributed by atoms with E-state index >= 15 is 0 Å². The molecular weight excluding hydrogens is 576 g/mol. The summed E-state index contributed by atoms with van der Waals surface area (Å²) in [6, 6.07) is 23.9. The number of hydrogen-bond acceptors (Lipinski definition) is 11. The molecule has 4 aromatic carbocycles. The zero-order chi connectivity index (χ0) is 28.8. The first kappa shape index (κ1) is 25.5. The fourth-order valence-corrected chi connectivity index (χ4v) is 7.52. The quantitative estimate of drug-likeness (QED) is 0.280. The minimum absolute atomic E-state index is 0.0257. The Bertz CT molecular complexity index is 2320. The zero-order valence-corrected chi connectivity index (χ0v) is 22.8. The number of hydrogen-bond donors (Lipinski definition) is 2. The lowest BCUT2D eigenvalue weighted by Crippen LogP contribution is -2.20. The van der Waals surface area contributed by atoms with Crippen molar-refractivity contribution in [2.75, 3.05) is 0 Å². The van der Waals surface area contributed by atoms with Gasteiger partial charge >= 0.3 is 0 Å². The lowest BCUT2D eigenvalue weighted by Gasteiger charge is -2.18. The highest BCUT2D eigenvalue weighted by atomic mass is 32.2. The van der Waals surface area contributed by atoms with E-state index in [2.05, 4.69) is 41.2 Å². The number of fused-ring (bicyclic) bond motifs is 4. The predicted molar refractivity (Wildman–Crippen MR) is 154 cm³/mol. The molecule has 0 fully saturated rings. The summed E-state index contributed by atoms with van der Waals surface area (Å²) in [6.07, 6.45) is 0. The van der Waals surface area contributed by atoms with Crippen molar-refractivity contribution < 1.29 is 13.2 Å². The summed E-state index contributed by atoms with van der Waals surface area (Å²) >= 11 is 1.59. The molecule has 42 heavy (non-hydrogen) atoms. The van der Waals surface area contributed by atoms with E-state index in [-0.39, 0.29) is 38.0 Å². The van der Waals surface area contributed by atoms with Crippen molar-refractivity contribution in [3.05, 3.63) is 106 Å². The lowest BCUT2D eigenvalue weighted by atomic mass is 10.0. The molecule has 0 radical (unpaired) electrons. The maximum Gasteiger partial charge on any atom is 0.208 e. The van der Waals surface area contributed by atoms with Crippen molar-refractivity contribution in [2.24, 2.45) is 0 Å². The van der Waals surface area contributed by atoms with E-state index in [1.165, 1.54) is 24.3 Å². The topological polar surface area (TPSA) is 177 Å². The number of aromatic amines is 2. The Kier molecular flexibility index (Phi) is 5.99. The molecule has 14 heteroatoms. The third-order valence-electron chi connectivity index (χ3n) is 6.72. The summed E-state index contributed by atoms with van der Waals surface area (Å²) < 4.78 is 27.4. The van der Waals surface area contributed by atoms with Gasteiger partial charge in [0.1, 0.15) is 0 Å². The van der Waals surface area contributed by atoms with Gasteiger partial charge in [-0.1, -0.05) is 36.4 Å². The zero-order valence-electron chi connectivity index (χ0n) is 21.2. The summed E-state index contributed by atoms with van der Waals surface area (Å²) in [4.78, 5) is 24.9. The van der Waals surface area contributed by atoms with Crippen molar-refractivity contribution in [3.63, 3.8) is 0 Å². The van der Waals surface area contributed by atoms with Crippen LogP contribution in [0.1, 0.15) is 15.9 Å². The van der Waals surface area contributed by atoms with Crippen LogP contribution in [0.4, 0.5) is 0 Å². The van der Waals surface area contributed by atoms with Crippen LogP contribution < -0.4 is 5.43 Å².